The average molecular weight is 287 g/mol. The third-order valence-corrected chi connectivity index (χ3v) is 4.66. The third-order valence-electron chi connectivity index (χ3n) is 3.72. The van der Waals surface area contributed by atoms with Crippen molar-refractivity contribution in [1.29, 1.82) is 0 Å². The van der Waals surface area contributed by atoms with Crippen LogP contribution in [0.3, 0.4) is 0 Å². The number of nitrogens with one attached hydrogen (secondary N) is 2. The fourth-order valence-electron chi connectivity index (χ4n) is 1.89. The number of amides is 1. The van der Waals surface area contributed by atoms with E-state index in [9.17, 15) is 4.79 Å². The number of carbonyl (C=O) groups excluding carboxylic acids is 1. The quantitative estimate of drug-likeness (QED) is 0.741. The Morgan fingerprint density at radius 2 is 2.00 bits per heavy atom. The first-order valence-electron chi connectivity index (χ1n) is 7.30. The zero-order valence-electron chi connectivity index (χ0n) is 12.8. The topological polar surface area (TPSA) is 44.4 Å². The summed E-state index contributed by atoms with van der Waals surface area (Å²) in [6.45, 7) is 12.4. The maximum atomic E-state index is 12.0. The molecule has 1 saturated heterocycles. The van der Waals surface area contributed by atoms with Crippen molar-refractivity contribution >= 4 is 17.7 Å². The summed E-state index contributed by atoms with van der Waals surface area (Å²) in [5.74, 6) is 2.57. The second kappa shape index (κ2) is 8.12. The minimum atomic E-state index is -0.120. The van der Waals surface area contributed by atoms with Gasteiger partial charge in [0.25, 0.3) is 0 Å². The van der Waals surface area contributed by atoms with Crippen LogP contribution in [-0.4, -0.2) is 60.1 Å². The van der Waals surface area contributed by atoms with Gasteiger partial charge in [-0.1, -0.05) is 6.92 Å². The van der Waals surface area contributed by atoms with E-state index >= 15 is 0 Å². The van der Waals surface area contributed by atoms with Crippen LogP contribution < -0.4 is 10.6 Å². The highest BCUT2D eigenvalue weighted by Crippen LogP contribution is 2.08. The van der Waals surface area contributed by atoms with Gasteiger partial charge in [-0.3, -0.25) is 4.79 Å². The van der Waals surface area contributed by atoms with E-state index in [4.69, 9.17) is 0 Å². The molecule has 1 rings (SSSR count). The molecule has 0 bridgehead atoms. The summed E-state index contributed by atoms with van der Waals surface area (Å²) in [7, 11) is 0. The predicted octanol–water partition coefficient (Wildman–Crippen LogP) is 1.32. The summed E-state index contributed by atoms with van der Waals surface area (Å²) in [5, 5.41) is 6.39. The summed E-state index contributed by atoms with van der Waals surface area (Å²) >= 11 is 2.03. The maximum absolute atomic E-state index is 12.0. The van der Waals surface area contributed by atoms with E-state index in [1.54, 1.807) is 0 Å². The highest BCUT2D eigenvalue weighted by Gasteiger charge is 2.21. The lowest BCUT2D eigenvalue weighted by molar-refractivity contribution is -0.124. The van der Waals surface area contributed by atoms with Crippen LogP contribution in [0.15, 0.2) is 0 Å². The van der Waals surface area contributed by atoms with Crippen LogP contribution in [-0.2, 0) is 4.79 Å². The molecule has 1 amide bonds. The van der Waals surface area contributed by atoms with E-state index in [0.717, 1.165) is 19.5 Å². The van der Waals surface area contributed by atoms with Crippen LogP contribution in [0.2, 0.25) is 0 Å². The minimum absolute atomic E-state index is 0.0982. The number of rotatable bonds is 7. The summed E-state index contributed by atoms with van der Waals surface area (Å²) < 4.78 is 0. The van der Waals surface area contributed by atoms with Gasteiger partial charge < -0.3 is 15.5 Å². The number of carbonyl (C=O) groups is 1. The molecule has 0 spiro atoms. The van der Waals surface area contributed by atoms with Crippen molar-refractivity contribution in [3.63, 3.8) is 0 Å². The number of thioether (sulfide) groups is 1. The first kappa shape index (κ1) is 16.8. The molecule has 0 radical (unpaired) electrons. The molecule has 1 unspecified atom stereocenters. The molecular formula is C14H29N3OS. The normalized spacial score (nSPS) is 19.2. The third kappa shape index (κ3) is 6.63. The number of nitrogens with zero attached hydrogens (tertiary/aromatic N) is 1. The van der Waals surface area contributed by atoms with Gasteiger partial charge in [0.2, 0.25) is 5.91 Å². The summed E-state index contributed by atoms with van der Waals surface area (Å²) in [6.07, 6.45) is 0.941. The van der Waals surface area contributed by atoms with Crippen LogP contribution in [0, 0.1) is 0 Å². The first-order chi connectivity index (χ1) is 8.94. The van der Waals surface area contributed by atoms with Crippen LogP contribution in [0.4, 0.5) is 0 Å². The second-order valence-corrected chi connectivity index (χ2v) is 7.08. The standard InChI is InChI=1S/C14H29N3OS/c1-5-14(3,4)16-13(18)12(2)15-6-7-17-8-10-19-11-9-17/h12,15H,5-11H2,1-4H3,(H,16,18). The first-order valence-corrected chi connectivity index (χ1v) is 8.45. The van der Waals surface area contributed by atoms with Crippen molar-refractivity contribution in [1.82, 2.24) is 15.5 Å². The molecule has 4 nitrogen and oxygen atoms in total. The molecule has 0 aliphatic carbocycles. The van der Waals surface area contributed by atoms with E-state index in [-0.39, 0.29) is 17.5 Å². The molecule has 0 aromatic heterocycles. The second-order valence-electron chi connectivity index (χ2n) is 5.86. The van der Waals surface area contributed by atoms with Gasteiger partial charge in [-0.05, 0) is 27.2 Å². The fourth-order valence-corrected chi connectivity index (χ4v) is 2.87. The minimum Gasteiger partial charge on any atom is -0.350 e. The number of hydrogen-bond donors (Lipinski definition) is 2. The van der Waals surface area contributed by atoms with Crippen molar-refractivity contribution in [2.45, 2.75) is 45.7 Å². The Morgan fingerprint density at radius 3 is 2.58 bits per heavy atom. The van der Waals surface area contributed by atoms with Gasteiger partial charge in [0.05, 0.1) is 6.04 Å². The number of hydrogen-bond acceptors (Lipinski definition) is 4. The van der Waals surface area contributed by atoms with Gasteiger partial charge in [-0.2, -0.15) is 11.8 Å². The molecule has 1 aliphatic heterocycles. The summed E-state index contributed by atoms with van der Waals surface area (Å²) in [4.78, 5) is 14.5. The zero-order valence-corrected chi connectivity index (χ0v) is 13.6. The predicted molar refractivity (Wildman–Crippen MR) is 83.7 cm³/mol. The van der Waals surface area contributed by atoms with Crippen LogP contribution >= 0.6 is 11.8 Å². The molecule has 0 aromatic carbocycles. The van der Waals surface area contributed by atoms with Gasteiger partial charge in [-0.25, -0.2) is 0 Å². The molecule has 0 aromatic rings. The average Bonchev–Trinajstić information content (AvgIpc) is 2.39. The van der Waals surface area contributed by atoms with Crippen LogP contribution in [0.5, 0.6) is 0 Å². The zero-order chi connectivity index (χ0) is 14.3. The highest BCUT2D eigenvalue weighted by atomic mass is 32.2. The van der Waals surface area contributed by atoms with Crippen molar-refractivity contribution in [2.24, 2.45) is 0 Å². The van der Waals surface area contributed by atoms with Gasteiger partial charge in [0.15, 0.2) is 0 Å². The SMILES string of the molecule is CCC(C)(C)NC(=O)C(C)NCCN1CCSCC1. The lowest BCUT2D eigenvalue weighted by atomic mass is 10.0. The van der Waals surface area contributed by atoms with E-state index in [0.29, 0.717) is 0 Å². The molecule has 1 heterocycles. The molecule has 1 atom stereocenters. The Morgan fingerprint density at radius 1 is 1.37 bits per heavy atom. The smallest absolute Gasteiger partial charge is 0.237 e. The molecule has 19 heavy (non-hydrogen) atoms. The molecule has 1 aliphatic rings. The van der Waals surface area contributed by atoms with E-state index in [1.807, 2.05) is 18.7 Å². The Labute approximate surface area is 122 Å². The Hall–Kier alpha value is -0.260. The van der Waals surface area contributed by atoms with Crippen molar-refractivity contribution in [3.8, 4) is 0 Å². The van der Waals surface area contributed by atoms with E-state index < -0.39 is 0 Å². The molecule has 5 heteroatoms. The Bertz CT molecular complexity index is 278. The molecular weight excluding hydrogens is 258 g/mol. The molecule has 112 valence electrons. The Balaban J connectivity index is 2.19. The van der Waals surface area contributed by atoms with Crippen molar-refractivity contribution in [3.05, 3.63) is 0 Å². The van der Waals surface area contributed by atoms with Gasteiger partial charge in [0.1, 0.15) is 0 Å². The molecule has 2 N–H and O–H groups in total. The lowest BCUT2D eigenvalue weighted by Crippen LogP contribution is -2.51. The fraction of sp³-hybridized carbons (Fsp3) is 0.929. The van der Waals surface area contributed by atoms with Gasteiger partial charge >= 0.3 is 0 Å². The summed E-state index contributed by atoms with van der Waals surface area (Å²) in [5.41, 5.74) is -0.114. The van der Waals surface area contributed by atoms with Crippen LogP contribution in [0.1, 0.15) is 34.1 Å². The van der Waals surface area contributed by atoms with E-state index in [1.165, 1.54) is 24.6 Å². The van der Waals surface area contributed by atoms with Crippen LogP contribution in [0.25, 0.3) is 0 Å². The van der Waals surface area contributed by atoms with Gasteiger partial charge in [-0.15, -0.1) is 0 Å². The highest BCUT2D eigenvalue weighted by molar-refractivity contribution is 7.99. The Kier molecular flexibility index (Phi) is 7.18. The van der Waals surface area contributed by atoms with E-state index in [2.05, 4.69) is 36.3 Å². The summed E-state index contributed by atoms with van der Waals surface area (Å²) in [6, 6.07) is -0.120. The van der Waals surface area contributed by atoms with Crippen molar-refractivity contribution < 1.29 is 4.79 Å². The molecule has 1 fully saturated rings. The molecule has 0 saturated carbocycles. The monoisotopic (exact) mass is 287 g/mol. The lowest BCUT2D eigenvalue weighted by Gasteiger charge is -2.28. The largest absolute Gasteiger partial charge is 0.350 e. The van der Waals surface area contributed by atoms with Gasteiger partial charge in [0, 0.05) is 43.2 Å². The maximum Gasteiger partial charge on any atom is 0.237 e. The van der Waals surface area contributed by atoms with Crippen molar-refractivity contribution in [2.75, 3.05) is 37.7 Å².